The van der Waals surface area contributed by atoms with Crippen LogP contribution >= 0.6 is 0 Å². The van der Waals surface area contributed by atoms with Gasteiger partial charge in [-0.15, -0.1) is 0 Å². The topological polar surface area (TPSA) is 27.7 Å². The SMILES string of the molecule is CCCOc1cc(CC)ccc1C1=Cc2ccc3c(c2OC1)C=CC(C)(C)O3. The monoisotopic (exact) mass is 376 g/mol. The Bertz CT molecular complexity index is 951. The van der Waals surface area contributed by atoms with Crippen molar-refractivity contribution in [1.82, 2.24) is 0 Å². The van der Waals surface area contributed by atoms with Crippen LogP contribution in [0.5, 0.6) is 17.2 Å². The molecule has 0 saturated heterocycles. The first-order valence-electron chi connectivity index (χ1n) is 10.2. The molecule has 28 heavy (non-hydrogen) atoms. The van der Waals surface area contributed by atoms with Crippen LogP contribution in [0.1, 0.15) is 56.4 Å². The molecule has 0 bridgehead atoms. The van der Waals surface area contributed by atoms with Crippen molar-refractivity contribution < 1.29 is 14.2 Å². The molecule has 2 aromatic carbocycles. The molecule has 0 N–H and O–H groups in total. The van der Waals surface area contributed by atoms with Crippen molar-refractivity contribution in [2.45, 2.75) is 46.1 Å². The first-order valence-corrected chi connectivity index (χ1v) is 10.2. The Balaban J connectivity index is 1.72. The molecule has 146 valence electrons. The maximum Gasteiger partial charge on any atom is 0.137 e. The van der Waals surface area contributed by atoms with Crippen LogP contribution in [0.2, 0.25) is 0 Å². The molecular weight excluding hydrogens is 348 g/mol. The van der Waals surface area contributed by atoms with Gasteiger partial charge < -0.3 is 14.2 Å². The molecule has 3 heteroatoms. The van der Waals surface area contributed by atoms with Crippen molar-refractivity contribution in [2.75, 3.05) is 13.2 Å². The van der Waals surface area contributed by atoms with E-state index in [9.17, 15) is 0 Å². The van der Waals surface area contributed by atoms with Gasteiger partial charge in [-0.05, 0) is 68.7 Å². The molecule has 3 nitrogen and oxygen atoms in total. The van der Waals surface area contributed by atoms with Gasteiger partial charge in [-0.25, -0.2) is 0 Å². The molecule has 0 aliphatic carbocycles. The second-order valence-electron chi connectivity index (χ2n) is 7.93. The van der Waals surface area contributed by atoms with E-state index in [2.05, 4.69) is 70.2 Å². The van der Waals surface area contributed by atoms with Crippen molar-refractivity contribution in [3.63, 3.8) is 0 Å². The number of fused-ring (bicyclic) bond motifs is 3. The van der Waals surface area contributed by atoms with E-state index in [1.165, 1.54) is 5.56 Å². The fraction of sp³-hybridized carbons (Fsp3) is 0.360. The summed E-state index contributed by atoms with van der Waals surface area (Å²) in [5.74, 6) is 2.72. The van der Waals surface area contributed by atoms with Gasteiger partial charge in [0.05, 0.1) is 12.2 Å². The summed E-state index contributed by atoms with van der Waals surface area (Å²) in [6.45, 7) is 9.65. The van der Waals surface area contributed by atoms with Gasteiger partial charge in [0.1, 0.15) is 29.5 Å². The number of benzene rings is 2. The van der Waals surface area contributed by atoms with Crippen LogP contribution in [0.15, 0.2) is 36.4 Å². The van der Waals surface area contributed by atoms with E-state index in [1.807, 2.05) is 6.07 Å². The molecule has 4 rings (SSSR count). The summed E-state index contributed by atoms with van der Waals surface area (Å²) in [5.41, 5.74) is 5.35. The highest BCUT2D eigenvalue weighted by molar-refractivity contribution is 5.89. The van der Waals surface area contributed by atoms with E-state index in [0.29, 0.717) is 6.61 Å². The van der Waals surface area contributed by atoms with Gasteiger partial charge in [0.25, 0.3) is 0 Å². The van der Waals surface area contributed by atoms with Crippen LogP contribution in [-0.2, 0) is 6.42 Å². The Labute approximate surface area is 167 Å². The highest BCUT2D eigenvalue weighted by Crippen LogP contribution is 2.43. The Morgan fingerprint density at radius 3 is 2.75 bits per heavy atom. The fourth-order valence-electron chi connectivity index (χ4n) is 3.64. The third-order valence-corrected chi connectivity index (χ3v) is 5.17. The van der Waals surface area contributed by atoms with Crippen LogP contribution in [-0.4, -0.2) is 18.8 Å². The molecule has 0 unspecified atom stereocenters. The molecule has 0 aromatic heterocycles. The van der Waals surface area contributed by atoms with E-state index >= 15 is 0 Å². The van der Waals surface area contributed by atoms with Crippen molar-refractivity contribution in [3.8, 4) is 17.2 Å². The standard InChI is InChI=1S/C25H28O3/c1-5-13-26-23-14-17(6-2)7-9-20(23)19-15-18-8-10-22-21(24(18)27-16-19)11-12-25(3,4)28-22/h7-12,14-15H,5-6,13,16H2,1-4H3. The summed E-state index contributed by atoms with van der Waals surface area (Å²) < 4.78 is 18.4. The molecule has 0 amide bonds. The van der Waals surface area contributed by atoms with Crippen LogP contribution in [0, 0.1) is 0 Å². The summed E-state index contributed by atoms with van der Waals surface area (Å²) in [4.78, 5) is 0. The fourth-order valence-corrected chi connectivity index (χ4v) is 3.64. The van der Waals surface area contributed by atoms with E-state index in [1.54, 1.807) is 0 Å². The summed E-state index contributed by atoms with van der Waals surface area (Å²) >= 11 is 0. The Hall–Kier alpha value is -2.68. The summed E-state index contributed by atoms with van der Waals surface area (Å²) in [5, 5.41) is 0. The van der Waals surface area contributed by atoms with E-state index in [-0.39, 0.29) is 5.60 Å². The predicted molar refractivity (Wildman–Crippen MR) is 115 cm³/mol. The normalized spacial score (nSPS) is 16.4. The van der Waals surface area contributed by atoms with Gasteiger partial charge in [-0.2, -0.15) is 0 Å². The smallest absolute Gasteiger partial charge is 0.137 e. The van der Waals surface area contributed by atoms with Crippen molar-refractivity contribution in [3.05, 3.63) is 58.7 Å². The van der Waals surface area contributed by atoms with Gasteiger partial charge in [-0.1, -0.05) is 26.0 Å². The van der Waals surface area contributed by atoms with Crippen LogP contribution in [0.25, 0.3) is 17.7 Å². The molecule has 2 aliphatic heterocycles. The van der Waals surface area contributed by atoms with E-state index in [0.717, 1.165) is 59.0 Å². The van der Waals surface area contributed by atoms with Gasteiger partial charge in [0, 0.05) is 16.7 Å². The number of aryl methyl sites for hydroxylation is 1. The average molecular weight is 376 g/mol. The lowest BCUT2D eigenvalue weighted by Gasteiger charge is -2.30. The summed E-state index contributed by atoms with van der Waals surface area (Å²) in [6.07, 6.45) is 8.39. The molecule has 0 spiro atoms. The first-order chi connectivity index (χ1) is 13.5. The van der Waals surface area contributed by atoms with Gasteiger partial charge in [0.2, 0.25) is 0 Å². The Morgan fingerprint density at radius 1 is 1.11 bits per heavy atom. The maximum atomic E-state index is 6.22. The minimum absolute atomic E-state index is 0.288. The van der Waals surface area contributed by atoms with Gasteiger partial charge in [0.15, 0.2) is 0 Å². The quantitative estimate of drug-likeness (QED) is 0.626. The van der Waals surface area contributed by atoms with Crippen molar-refractivity contribution in [1.29, 1.82) is 0 Å². The molecule has 2 heterocycles. The third kappa shape index (κ3) is 3.54. The molecule has 2 aliphatic rings. The van der Waals surface area contributed by atoms with Gasteiger partial charge >= 0.3 is 0 Å². The average Bonchev–Trinajstić information content (AvgIpc) is 2.70. The second-order valence-corrected chi connectivity index (χ2v) is 7.93. The molecule has 0 radical (unpaired) electrons. The zero-order chi connectivity index (χ0) is 19.7. The second kappa shape index (κ2) is 7.38. The predicted octanol–water partition coefficient (Wildman–Crippen LogP) is 6.16. The number of hydrogen-bond donors (Lipinski definition) is 0. The minimum atomic E-state index is -0.288. The van der Waals surface area contributed by atoms with Crippen LogP contribution in [0.3, 0.4) is 0 Å². The summed E-state index contributed by atoms with van der Waals surface area (Å²) in [7, 11) is 0. The highest BCUT2D eigenvalue weighted by Gasteiger charge is 2.26. The molecule has 0 fully saturated rings. The first kappa shape index (κ1) is 18.7. The van der Waals surface area contributed by atoms with Crippen molar-refractivity contribution in [2.24, 2.45) is 0 Å². The molecular formula is C25H28O3. The summed E-state index contributed by atoms with van der Waals surface area (Å²) in [6, 6.07) is 10.6. The number of ether oxygens (including phenoxy) is 3. The molecule has 0 atom stereocenters. The van der Waals surface area contributed by atoms with Crippen LogP contribution < -0.4 is 14.2 Å². The number of hydrogen-bond acceptors (Lipinski definition) is 3. The largest absolute Gasteiger partial charge is 0.493 e. The van der Waals surface area contributed by atoms with Crippen molar-refractivity contribution >= 4 is 17.7 Å². The number of rotatable bonds is 5. The maximum absolute atomic E-state index is 6.22. The Kier molecular flexibility index (Phi) is 4.92. The van der Waals surface area contributed by atoms with E-state index < -0.39 is 0 Å². The highest BCUT2D eigenvalue weighted by atomic mass is 16.5. The zero-order valence-electron chi connectivity index (χ0n) is 17.2. The van der Waals surface area contributed by atoms with E-state index in [4.69, 9.17) is 14.2 Å². The molecule has 0 saturated carbocycles. The van der Waals surface area contributed by atoms with Crippen LogP contribution in [0.4, 0.5) is 0 Å². The zero-order valence-corrected chi connectivity index (χ0v) is 17.2. The third-order valence-electron chi connectivity index (χ3n) is 5.17. The Morgan fingerprint density at radius 2 is 1.96 bits per heavy atom. The minimum Gasteiger partial charge on any atom is -0.493 e. The lowest BCUT2D eigenvalue weighted by Crippen LogP contribution is -2.27. The lowest BCUT2D eigenvalue weighted by atomic mass is 9.95. The van der Waals surface area contributed by atoms with Gasteiger partial charge in [-0.3, -0.25) is 0 Å². The molecule has 2 aromatic rings. The lowest BCUT2D eigenvalue weighted by molar-refractivity contribution is 0.158.